The van der Waals surface area contributed by atoms with Crippen LogP contribution in [0.25, 0.3) is 0 Å². The summed E-state index contributed by atoms with van der Waals surface area (Å²) in [4.78, 5) is 37.0. The zero-order valence-electron chi connectivity index (χ0n) is 21.3. The van der Waals surface area contributed by atoms with E-state index in [-0.39, 0.29) is 25.1 Å². The topological polar surface area (TPSA) is 90.9 Å². The summed E-state index contributed by atoms with van der Waals surface area (Å²) >= 11 is 0. The Morgan fingerprint density at radius 2 is 1.57 bits per heavy atom. The molecule has 1 amide bonds. The molecule has 0 radical (unpaired) electrons. The zero-order valence-corrected chi connectivity index (χ0v) is 21.3. The molecule has 2 aromatic carbocycles. The standard InChI is InChI=1S/C28H37NO6/c1-6-20(2)24(29-27(32)34-19-22-11-8-7-9-12-22)26(31)33-18-10-13-21-14-16-23(17-15-21)25(30)35-28(3,4)5/h7-9,11-12,14-17,20,24H,6,10,13,18-19H2,1-5H3,(H,29,32)/t20-,24-/m0/s1. The van der Waals surface area contributed by atoms with Crippen molar-refractivity contribution in [2.45, 2.75) is 72.1 Å². The van der Waals surface area contributed by atoms with Crippen molar-refractivity contribution in [3.05, 3.63) is 71.3 Å². The lowest BCUT2D eigenvalue weighted by molar-refractivity contribution is -0.147. The Kier molecular flexibility index (Phi) is 10.8. The molecule has 1 N–H and O–H groups in total. The number of aryl methyl sites for hydroxylation is 1. The van der Waals surface area contributed by atoms with E-state index in [9.17, 15) is 14.4 Å². The molecule has 2 aromatic rings. The van der Waals surface area contributed by atoms with Crippen LogP contribution in [-0.2, 0) is 32.0 Å². The first-order valence-electron chi connectivity index (χ1n) is 12.0. The normalized spacial score (nSPS) is 12.8. The van der Waals surface area contributed by atoms with Gasteiger partial charge in [0.05, 0.1) is 12.2 Å². The summed E-state index contributed by atoms with van der Waals surface area (Å²) in [6, 6.07) is 15.8. The molecule has 0 unspecified atom stereocenters. The number of esters is 2. The van der Waals surface area contributed by atoms with Crippen molar-refractivity contribution in [2.24, 2.45) is 5.92 Å². The predicted octanol–water partition coefficient (Wildman–Crippen LogP) is 5.46. The molecule has 0 aliphatic heterocycles. The van der Waals surface area contributed by atoms with E-state index in [1.54, 1.807) is 12.1 Å². The van der Waals surface area contributed by atoms with Crippen molar-refractivity contribution in [3.63, 3.8) is 0 Å². The van der Waals surface area contributed by atoms with Gasteiger partial charge in [0.25, 0.3) is 0 Å². The van der Waals surface area contributed by atoms with Crippen LogP contribution in [0.5, 0.6) is 0 Å². The van der Waals surface area contributed by atoms with Crippen LogP contribution in [0.4, 0.5) is 4.79 Å². The van der Waals surface area contributed by atoms with Crippen molar-refractivity contribution < 1.29 is 28.6 Å². The fourth-order valence-corrected chi connectivity index (χ4v) is 3.24. The summed E-state index contributed by atoms with van der Waals surface area (Å²) in [5.74, 6) is -0.938. The number of carbonyl (C=O) groups excluding carboxylic acids is 3. The van der Waals surface area contributed by atoms with Crippen LogP contribution >= 0.6 is 0 Å². The molecule has 0 bridgehead atoms. The van der Waals surface area contributed by atoms with Gasteiger partial charge in [0.1, 0.15) is 18.2 Å². The Morgan fingerprint density at radius 3 is 2.17 bits per heavy atom. The quantitative estimate of drug-likeness (QED) is 0.259. The van der Waals surface area contributed by atoms with Crippen LogP contribution < -0.4 is 5.32 Å². The van der Waals surface area contributed by atoms with Crippen LogP contribution in [0.3, 0.4) is 0 Å². The van der Waals surface area contributed by atoms with Crippen molar-refractivity contribution in [1.82, 2.24) is 5.32 Å². The molecule has 35 heavy (non-hydrogen) atoms. The minimum atomic E-state index is -0.781. The molecule has 0 spiro atoms. The maximum Gasteiger partial charge on any atom is 0.408 e. The monoisotopic (exact) mass is 483 g/mol. The number of nitrogens with one attached hydrogen (secondary N) is 1. The van der Waals surface area contributed by atoms with E-state index >= 15 is 0 Å². The number of hydrogen-bond acceptors (Lipinski definition) is 6. The van der Waals surface area contributed by atoms with Gasteiger partial charge in [-0.2, -0.15) is 0 Å². The summed E-state index contributed by atoms with van der Waals surface area (Å²) in [6.07, 6.45) is 1.34. The predicted molar refractivity (Wildman–Crippen MR) is 134 cm³/mol. The third-order valence-electron chi connectivity index (χ3n) is 5.40. The average Bonchev–Trinajstić information content (AvgIpc) is 2.83. The van der Waals surface area contributed by atoms with Gasteiger partial charge in [-0.25, -0.2) is 14.4 Å². The first-order chi connectivity index (χ1) is 16.6. The van der Waals surface area contributed by atoms with Crippen molar-refractivity contribution >= 4 is 18.0 Å². The smallest absolute Gasteiger partial charge is 0.408 e. The molecule has 0 saturated carbocycles. The summed E-state index contributed by atoms with van der Waals surface area (Å²) in [6.45, 7) is 9.67. The third kappa shape index (κ3) is 10.2. The second-order valence-electron chi connectivity index (χ2n) is 9.54. The van der Waals surface area contributed by atoms with E-state index in [1.807, 2.05) is 77.1 Å². The summed E-state index contributed by atoms with van der Waals surface area (Å²) in [7, 11) is 0. The molecule has 0 aliphatic rings. The van der Waals surface area contributed by atoms with Crippen LogP contribution in [0, 0.1) is 5.92 Å². The molecule has 0 aliphatic carbocycles. The molecule has 2 atom stereocenters. The van der Waals surface area contributed by atoms with Crippen LogP contribution in [0.15, 0.2) is 54.6 Å². The first kappa shape index (κ1) is 27.9. The second-order valence-corrected chi connectivity index (χ2v) is 9.54. The molecule has 7 nitrogen and oxygen atoms in total. The van der Waals surface area contributed by atoms with Gasteiger partial charge in [-0.3, -0.25) is 0 Å². The van der Waals surface area contributed by atoms with Crippen molar-refractivity contribution in [2.75, 3.05) is 6.61 Å². The minimum absolute atomic E-state index is 0.104. The molecule has 0 aromatic heterocycles. The molecule has 0 saturated heterocycles. The highest BCUT2D eigenvalue weighted by Gasteiger charge is 2.28. The van der Waals surface area contributed by atoms with Crippen LogP contribution in [-0.4, -0.2) is 36.3 Å². The second kappa shape index (κ2) is 13.5. The molecular formula is C28H37NO6. The van der Waals surface area contributed by atoms with Gasteiger partial charge in [0.2, 0.25) is 0 Å². The van der Waals surface area contributed by atoms with E-state index in [0.29, 0.717) is 24.8 Å². The van der Waals surface area contributed by atoms with E-state index in [2.05, 4.69) is 5.32 Å². The highest BCUT2D eigenvalue weighted by molar-refractivity contribution is 5.89. The number of amides is 1. The van der Waals surface area contributed by atoms with E-state index in [0.717, 1.165) is 11.1 Å². The van der Waals surface area contributed by atoms with E-state index < -0.39 is 23.7 Å². The van der Waals surface area contributed by atoms with Gasteiger partial charge in [-0.1, -0.05) is 62.7 Å². The minimum Gasteiger partial charge on any atom is -0.464 e. The maximum absolute atomic E-state index is 12.7. The highest BCUT2D eigenvalue weighted by atomic mass is 16.6. The first-order valence-corrected chi connectivity index (χ1v) is 12.0. The lowest BCUT2D eigenvalue weighted by Crippen LogP contribution is -2.46. The Hall–Kier alpha value is -3.35. The van der Waals surface area contributed by atoms with Gasteiger partial charge in [0.15, 0.2) is 0 Å². The largest absolute Gasteiger partial charge is 0.464 e. The van der Waals surface area contributed by atoms with Gasteiger partial charge in [0, 0.05) is 0 Å². The summed E-state index contributed by atoms with van der Waals surface area (Å²) < 4.78 is 16.1. The zero-order chi connectivity index (χ0) is 25.8. The summed E-state index contributed by atoms with van der Waals surface area (Å²) in [5, 5.41) is 2.65. The average molecular weight is 484 g/mol. The van der Waals surface area contributed by atoms with Gasteiger partial charge in [-0.05, 0) is 62.8 Å². The van der Waals surface area contributed by atoms with Crippen LogP contribution in [0.1, 0.15) is 68.9 Å². The molecule has 2 rings (SSSR count). The van der Waals surface area contributed by atoms with Crippen molar-refractivity contribution in [3.8, 4) is 0 Å². The highest BCUT2D eigenvalue weighted by Crippen LogP contribution is 2.14. The number of rotatable bonds is 11. The van der Waals surface area contributed by atoms with Gasteiger partial charge >= 0.3 is 18.0 Å². The van der Waals surface area contributed by atoms with E-state index in [1.165, 1.54) is 0 Å². The van der Waals surface area contributed by atoms with Crippen LogP contribution in [0.2, 0.25) is 0 Å². The molecule has 0 fully saturated rings. The van der Waals surface area contributed by atoms with Gasteiger partial charge in [-0.15, -0.1) is 0 Å². The SMILES string of the molecule is CC[C@H](C)[C@H](NC(=O)OCc1ccccc1)C(=O)OCCCc1ccc(C(=O)OC(C)(C)C)cc1. The Morgan fingerprint density at radius 1 is 0.914 bits per heavy atom. The van der Waals surface area contributed by atoms with E-state index in [4.69, 9.17) is 14.2 Å². The number of hydrogen-bond donors (Lipinski definition) is 1. The molecular weight excluding hydrogens is 446 g/mol. The summed E-state index contributed by atoms with van der Waals surface area (Å²) in [5.41, 5.74) is 1.84. The fourth-order valence-electron chi connectivity index (χ4n) is 3.24. The number of ether oxygens (including phenoxy) is 3. The maximum atomic E-state index is 12.7. The molecule has 7 heteroatoms. The number of benzene rings is 2. The lowest BCUT2D eigenvalue weighted by Gasteiger charge is -2.22. The third-order valence-corrected chi connectivity index (χ3v) is 5.40. The molecule has 0 heterocycles. The number of carbonyl (C=O) groups is 3. The Bertz CT molecular complexity index is 950. The van der Waals surface area contributed by atoms with Gasteiger partial charge < -0.3 is 19.5 Å². The molecule has 190 valence electrons. The number of alkyl carbamates (subject to hydrolysis) is 1. The van der Waals surface area contributed by atoms with Crippen molar-refractivity contribution in [1.29, 1.82) is 0 Å². The lowest BCUT2D eigenvalue weighted by atomic mass is 9.99. The Labute approximate surface area is 208 Å². The Balaban J connectivity index is 1.79. The fraction of sp³-hybridized carbons (Fsp3) is 0.464.